The molecular formula is C24H25N3O. The summed E-state index contributed by atoms with van der Waals surface area (Å²) in [6, 6.07) is 15.5. The Hall–Kier alpha value is -3.32. The Kier molecular flexibility index (Phi) is 5.11. The Bertz CT molecular complexity index is 1020. The van der Waals surface area contributed by atoms with Gasteiger partial charge in [0.1, 0.15) is 11.6 Å². The lowest BCUT2D eigenvalue weighted by atomic mass is 9.88. The van der Waals surface area contributed by atoms with Crippen LogP contribution in [0.2, 0.25) is 0 Å². The molecule has 1 amide bonds. The van der Waals surface area contributed by atoms with E-state index >= 15 is 0 Å². The fourth-order valence-electron chi connectivity index (χ4n) is 3.42. The van der Waals surface area contributed by atoms with Gasteiger partial charge >= 0.3 is 0 Å². The van der Waals surface area contributed by atoms with Crippen molar-refractivity contribution in [2.24, 2.45) is 0 Å². The molecule has 0 atom stereocenters. The number of rotatable bonds is 3. The number of nitriles is 1. The minimum atomic E-state index is -0.408. The molecule has 0 unspecified atom stereocenters. The molecule has 1 aliphatic rings. The van der Waals surface area contributed by atoms with E-state index in [1.165, 1.54) is 5.57 Å². The summed E-state index contributed by atoms with van der Waals surface area (Å²) in [4.78, 5) is 14.7. The fraction of sp³-hybridized carbons (Fsp3) is 0.250. The summed E-state index contributed by atoms with van der Waals surface area (Å²) < 4.78 is 0. The van der Waals surface area contributed by atoms with E-state index in [4.69, 9.17) is 0 Å². The summed E-state index contributed by atoms with van der Waals surface area (Å²) in [7, 11) is 2.08. The van der Waals surface area contributed by atoms with Crippen LogP contribution in [0.5, 0.6) is 0 Å². The van der Waals surface area contributed by atoms with Crippen LogP contribution in [-0.4, -0.2) is 18.5 Å². The second-order valence-corrected chi connectivity index (χ2v) is 7.81. The quantitative estimate of drug-likeness (QED) is 0.598. The molecule has 2 aromatic rings. The number of allylic oxidation sites excluding steroid dienone is 1. The molecular weight excluding hydrogens is 346 g/mol. The average molecular weight is 371 g/mol. The van der Waals surface area contributed by atoms with Gasteiger partial charge in [-0.05, 0) is 69.2 Å². The minimum absolute atomic E-state index is 0.0554. The maximum absolute atomic E-state index is 12.5. The summed E-state index contributed by atoms with van der Waals surface area (Å²) in [6.07, 6.45) is 3.87. The van der Waals surface area contributed by atoms with E-state index in [1.807, 2.05) is 55.5 Å². The van der Waals surface area contributed by atoms with Crippen LogP contribution in [0.1, 0.15) is 37.5 Å². The smallest absolute Gasteiger partial charge is 0.266 e. The molecule has 0 aliphatic carbocycles. The molecule has 142 valence electrons. The first kappa shape index (κ1) is 19.4. The second-order valence-electron chi connectivity index (χ2n) is 7.81. The van der Waals surface area contributed by atoms with E-state index in [0.29, 0.717) is 5.69 Å². The van der Waals surface area contributed by atoms with Crippen molar-refractivity contribution in [3.05, 3.63) is 70.8 Å². The summed E-state index contributed by atoms with van der Waals surface area (Å²) >= 11 is 0. The van der Waals surface area contributed by atoms with Crippen LogP contribution in [0.15, 0.2) is 54.1 Å². The van der Waals surface area contributed by atoms with Crippen LogP contribution in [0.25, 0.3) is 11.6 Å². The highest BCUT2D eigenvalue weighted by Crippen LogP contribution is 2.38. The van der Waals surface area contributed by atoms with Gasteiger partial charge in [0.05, 0.1) is 5.54 Å². The van der Waals surface area contributed by atoms with Crippen molar-refractivity contribution in [3.63, 3.8) is 0 Å². The highest BCUT2D eigenvalue weighted by Gasteiger charge is 2.28. The van der Waals surface area contributed by atoms with Gasteiger partial charge < -0.3 is 10.2 Å². The molecule has 0 aromatic heterocycles. The SMILES string of the molecule is CC1=CC(C)(C)N(C)c2ccc(/C=C(/C#N)C(=O)Nc3ccc(C)cc3)cc21. The van der Waals surface area contributed by atoms with Crippen LogP contribution in [0.4, 0.5) is 11.4 Å². The zero-order chi connectivity index (χ0) is 20.5. The van der Waals surface area contributed by atoms with E-state index in [-0.39, 0.29) is 11.1 Å². The van der Waals surface area contributed by atoms with Gasteiger partial charge in [0.2, 0.25) is 0 Å². The Morgan fingerprint density at radius 3 is 2.46 bits per heavy atom. The molecule has 4 heteroatoms. The molecule has 1 N–H and O–H groups in total. The van der Waals surface area contributed by atoms with Gasteiger partial charge in [0.15, 0.2) is 0 Å². The van der Waals surface area contributed by atoms with E-state index < -0.39 is 5.91 Å². The van der Waals surface area contributed by atoms with Crippen LogP contribution >= 0.6 is 0 Å². The number of carbonyl (C=O) groups excluding carboxylic acids is 1. The van der Waals surface area contributed by atoms with Crippen molar-refractivity contribution in [1.29, 1.82) is 5.26 Å². The predicted molar refractivity (Wildman–Crippen MR) is 116 cm³/mol. The second kappa shape index (κ2) is 7.36. The third kappa shape index (κ3) is 3.84. The number of anilines is 2. The largest absolute Gasteiger partial charge is 0.366 e. The van der Waals surface area contributed by atoms with Crippen molar-refractivity contribution in [2.75, 3.05) is 17.3 Å². The van der Waals surface area contributed by atoms with Gasteiger partial charge in [-0.15, -0.1) is 0 Å². The van der Waals surface area contributed by atoms with Crippen LogP contribution < -0.4 is 10.2 Å². The monoisotopic (exact) mass is 371 g/mol. The van der Waals surface area contributed by atoms with Crippen molar-refractivity contribution in [2.45, 2.75) is 33.2 Å². The lowest BCUT2D eigenvalue weighted by Crippen LogP contribution is -2.42. The number of nitrogens with one attached hydrogen (secondary N) is 1. The number of carbonyl (C=O) groups is 1. The summed E-state index contributed by atoms with van der Waals surface area (Å²) in [6.45, 7) is 8.43. The molecule has 0 saturated carbocycles. The lowest BCUT2D eigenvalue weighted by molar-refractivity contribution is -0.112. The Balaban J connectivity index is 1.89. The first-order chi connectivity index (χ1) is 13.2. The Morgan fingerprint density at radius 1 is 1.14 bits per heavy atom. The molecule has 0 spiro atoms. The van der Waals surface area contributed by atoms with Crippen molar-refractivity contribution >= 4 is 28.9 Å². The van der Waals surface area contributed by atoms with Gasteiger partial charge in [-0.25, -0.2) is 0 Å². The summed E-state index contributed by atoms with van der Waals surface area (Å²) in [5.74, 6) is -0.408. The van der Waals surface area contributed by atoms with Crippen LogP contribution in [-0.2, 0) is 4.79 Å². The van der Waals surface area contributed by atoms with Crippen LogP contribution in [0.3, 0.4) is 0 Å². The third-order valence-electron chi connectivity index (χ3n) is 5.23. The van der Waals surface area contributed by atoms with E-state index in [9.17, 15) is 10.1 Å². The lowest BCUT2D eigenvalue weighted by Gasteiger charge is -2.40. The highest BCUT2D eigenvalue weighted by atomic mass is 16.1. The molecule has 0 saturated heterocycles. The normalized spacial score (nSPS) is 15.4. The third-order valence-corrected chi connectivity index (χ3v) is 5.23. The van der Waals surface area contributed by atoms with Gasteiger partial charge in [0, 0.05) is 24.0 Å². The molecule has 0 bridgehead atoms. The molecule has 4 nitrogen and oxygen atoms in total. The molecule has 0 fully saturated rings. The van der Waals surface area contributed by atoms with Gasteiger partial charge in [-0.3, -0.25) is 4.79 Å². The van der Waals surface area contributed by atoms with Crippen LogP contribution in [0, 0.1) is 18.3 Å². The maximum atomic E-state index is 12.5. The number of fused-ring (bicyclic) bond motifs is 1. The first-order valence-electron chi connectivity index (χ1n) is 9.29. The molecule has 28 heavy (non-hydrogen) atoms. The molecule has 2 aromatic carbocycles. The van der Waals surface area contributed by atoms with E-state index in [0.717, 1.165) is 22.4 Å². The molecule has 1 aliphatic heterocycles. The molecule has 3 rings (SSSR count). The number of amides is 1. The van der Waals surface area contributed by atoms with Gasteiger partial charge in [0.25, 0.3) is 5.91 Å². The summed E-state index contributed by atoms with van der Waals surface area (Å²) in [5, 5.41) is 12.3. The molecule has 0 radical (unpaired) electrons. The zero-order valence-corrected chi connectivity index (χ0v) is 17.0. The standard InChI is InChI=1S/C24H25N3O/c1-16-6-9-20(10-7-16)26-23(28)19(15-25)12-18-8-11-22-21(13-18)17(2)14-24(3,4)27(22)5/h6-14H,1-5H3,(H,26,28)/b19-12-. The Morgan fingerprint density at radius 2 is 1.82 bits per heavy atom. The zero-order valence-electron chi connectivity index (χ0n) is 17.0. The van der Waals surface area contributed by atoms with Gasteiger partial charge in [-0.2, -0.15) is 5.26 Å². The average Bonchev–Trinajstić information content (AvgIpc) is 2.65. The van der Waals surface area contributed by atoms with Crippen molar-refractivity contribution < 1.29 is 4.79 Å². The van der Waals surface area contributed by atoms with E-state index in [2.05, 4.69) is 44.1 Å². The minimum Gasteiger partial charge on any atom is -0.366 e. The highest BCUT2D eigenvalue weighted by molar-refractivity contribution is 6.09. The number of nitrogens with zero attached hydrogens (tertiary/aromatic N) is 2. The molecule has 1 heterocycles. The topological polar surface area (TPSA) is 56.1 Å². The number of benzene rings is 2. The van der Waals surface area contributed by atoms with Crippen molar-refractivity contribution in [3.8, 4) is 6.07 Å². The van der Waals surface area contributed by atoms with E-state index in [1.54, 1.807) is 6.08 Å². The predicted octanol–water partition coefficient (Wildman–Crippen LogP) is 5.17. The number of hydrogen-bond acceptors (Lipinski definition) is 3. The number of aryl methyl sites for hydroxylation is 1. The summed E-state index contributed by atoms with van der Waals surface area (Å²) in [5.41, 5.74) is 6.08. The maximum Gasteiger partial charge on any atom is 0.266 e. The number of hydrogen-bond donors (Lipinski definition) is 1. The van der Waals surface area contributed by atoms with Gasteiger partial charge in [-0.1, -0.05) is 29.8 Å². The Labute approximate surface area is 166 Å². The van der Waals surface area contributed by atoms with Crippen molar-refractivity contribution in [1.82, 2.24) is 0 Å². The first-order valence-corrected chi connectivity index (χ1v) is 9.29. The fourth-order valence-corrected chi connectivity index (χ4v) is 3.42. The number of likely N-dealkylation sites (N-methyl/N-ethyl adjacent to an activating group) is 1.